The minimum absolute atomic E-state index is 0.151. The lowest BCUT2D eigenvalue weighted by Crippen LogP contribution is -2.31. The summed E-state index contributed by atoms with van der Waals surface area (Å²) in [4.78, 5) is 18.6. The van der Waals surface area contributed by atoms with E-state index in [1.165, 1.54) is 12.8 Å². The second-order valence-electron chi connectivity index (χ2n) is 7.51. The number of hydrogen-bond acceptors (Lipinski definition) is 4. The first kappa shape index (κ1) is 19.4. The van der Waals surface area contributed by atoms with Gasteiger partial charge >= 0.3 is 6.03 Å². The average molecular weight is 370 g/mol. The maximum absolute atomic E-state index is 12.2. The molecule has 0 spiro atoms. The molecule has 1 saturated carbocycles. The number of urea groups is 1. The van der Waals surface area contributed by atoms with Crippen LogP contribution in [-0.4, -0.2) is 44.9 Å². The third-order valence-corrected chi connectivity index (χ3v) is 5.39. The molecule has 0 saturated heterocycles. The zero-order chi connectivity index (χ0) is 19.2. The number of benzene rings is 1. The van der Waals surface area contributed by atoms with Gasteiger partial charge in [-0.25, -0.2) is 9.78 Å². The number of carbonyl (C=O) groups excluding carboxylic acids is 1. The van der Waals surface area contributed by atoms with Crippen LogP contribution in [0.1, 0.15) is 32.1 Å². The predicted octanol–water partition coefficient (Wildman–Crippen LogP) is 4.02. The normalized spacial score (nSPS) is 19.7. The molecule has 1 aromatic carbocycles. The Morgan fingerprint density at radius 1 is 1.22 bits per heavy atom. The molecular formula is C21H30N4O2. The smallest absolute Gasteiger partial charge is 0.319 e. The van der Waals surface area contributed by atoms with Crippen molar-refractivity contribution >= 4 is 28.3 Å². The number of methoxy groups -OCH3 is 1. The van der Waals surface area contributed by atoms with Crippen molar-refractivity contribution in [1.29, 1.82) is 0 Å². The van der Waals surface area contributed by atoms with Gasteiger partial charge in [0, 0.05) is 45.0 Å². The molecule has 2 amide bonds. The second kappa shape index (κ2) is 9.04. The van der Waals surface area contributed by atoms with E-state index in [4.69, 9.17) is 4.74 Å². The summed E-state index contributed by atoms with van der Waals surface area (Å²) >= 11 is 0. The highest BCUT2D eigenvalue weighted by Gasteiger charge is 2.20. The summed E-state index contributed by atoms with van der Waals surface area (Å²) in [6.07, 6.45) is 7.89. The topological polar surface area (TPSA) is 66.5 Å². The van der Waals surface area contributed by atoms with Crippen molar-refractivity contribution in [3.05, 3.63) is 30.5 Å². The van der Waals surface area contributed by atoms with Crippen molar-refractivity contribution in [3.8, 4) is 0 Å². The van der Waals surface area contributed by atoms with Crippen LogP contribution in [0.4, 0.5) is 16.3 Å². The zero-order valence-electron chi connectivity index (χ0n) is 16.5. The van der Waals surface area contributed by atoms with Gasteiger partial charge in [-0.2, -0.15) is 0 Å². The van der Waals surface area contributed by atoms with Crippen LogP contribution in [0.15, 0.2) is 30.5 Å². The number of aromatic nitrogens is 1. The van der Waals surface area contributed by atoms with Crippen molar-refractivity contribution in [2.75, 3.05) is 38.0 Å². The lowest BCUT2D eigenvalue weighted by atomic mass is 9.85. The van der Waals surface area contributed by atoms with E-state index in [0.29, 0.717) is 18.6 Å². The predicted molar refractivity (Wildman–Crippen MR) is 110 cm³/mol. The molecule has 0 aliphatic heterocycles. The van der Waals surface area contributed by atoms with Gasteiger partial charge in [0.1, 0.15) is 5.82 Å². The second-order valence-corrected chi connectivity index (χ2v) is 7.51. The fourth-order valence-corrected chi connectivity index (χ4v) is 3.82. The number of hydrogen-bond donors (Lipinski definition) is 2. The molecule has 1 aliphatic carbocycles. The SMILES string of the molecule is COC1CCC(CCNC(=O)Nc2ccc3c(N(C)C)nccc3c2)CC1. The fraction of sp³-hybridized carbons (Fsp3) is 0.524. The highest BCUT2D eigenvalue weighted by Crippen LogP contribution is 2.28. The summed E-state index contributed by atoms with van der Waals surface area (Å²) in [6, 6.07) is 7.71. The third kappa shape index (κ3) is 5.10. The van der Waals surface area contributed by atoms with Crippen LogP contribution >= 0.6 is 0 Å². The van der Waals surface area contributed by atoms with Crippen LogP contribution in [-0.2, 0) is 4.74 Å². The number of rotatable bonds is 6. The number of amides is 2. The summed E-state index contributed by atoms with van der Waals surface area (Å²) in [5, 5.41) is 8.04. The first-order valence-electron chi connectivity index (χ1n) is 9.70. The van der Waals surface area contributed by atoms with E-state index in [9.17, 15) is 4.79 Å². The Hall–Kier alpha value is -2.34. The molecule has 3 rings (SSSR count). The minimum Gasteiger partial charge on any atom is -0.381 e. The number of nitrogens with one attached hydrogen (secondary N) is 2. The Balaban J connectivity index is 1.49. The van der Waals surface area contributed by atoms with Crippen molar-refractivity contribution < 1.29 is 9.53 Å². The quantitative estimate of drug-likeness (QED) is 0.806. The third-order valence-electron chi connectivity index (χ3n) is 5.39. The van der Waals surface area contributed by atoms with Crippen molar-refractivity contribution in [2.24, 2.45) is 5.92 Å². The molecule has 1 heterocycles. The van der Waals surface area contributed by atoms with Gasteiger partial charge in [0.05, 0.1) is 6.10 Å². The van der Waals surface area contributed by atoms with Crippen LogP contribution in [0.25, 0.3) is 10.8 Å². The standard InChI is InChI=1S/C21H30N4O2/c1-25(2)20-19-9-6-17(14-16(19)11-13-22-20)24-21(26)23-12-10-15-4-7-18(27-3)8-5-15/h6,9,11,13-15,18H,4-5,7-8,10,12H2,1-3H3,(H2,23,24,26). The summed E-state index contributed by atoms with van der Waals surface area (Å²) in [6.45, 7) is 0.705. The maximum atomic E-state index is 12.2. The van der Waals surface area contributed by atoms with Crippen molar-refractivity contribution in [1.82, 2.24) is 10.3 Å². The number of pyridine rings is 1. The first-order valence-corrected chi connectivity index (χ1v) is 9.70. The van der Waals surface area contributed by atoms with Crippen LogP contribution in [0.5, 0.6) is 0 Å². The van der Waals surface area contributed by atoms with Gasteiger partial charge in [-0.15, -0.1) is 0 Å². The van der Waals surface area contributed by atoms with Crippen LogP contribution in [0, 0.1) is 5.92 Å². The monoisotopic (exact) mass is 370 g/mol. The molecular weight excluding hydrogens is 340 g/mol. The minimum atomic E-state index is -0.151. The Labute approximate surface area is 161 Å². The number of carbonyl (C=O) groups is 1. The molecule has 6 nitrogen and oxygen atoms in total. The lowest BCUT2D eigenvalue weighted by molar-refractivity contribution is 0.0557. The maximum Gasteiger partial charge on any atom is 0.319 e. The summed E-state index contributed by atoms with van der Waals surface area (Å²) in [5.41, 5.74) is 0.788. The average Bonchev–Trinajstić information content (AvgIpc) is 2.67. The molecule has 0 unspecified atom stereocenters. The molecule has 6 heteroatoms. The van der Waals surface area contributed by atoms with Gasteiger partial charge in [-0.1, -0.05) is 0 Å². The van der Waals surface area contributed by atoms with E-state index in [0.717, 1.165) is 41.5 Å². The van der Waals surface area contributed by atoms with Gasteiger partial charge in [-0.05, 0) is 67.7 Å². The van der Waals surface area contributed by atoms with Crippen LogP contribution < -0.4 is 15.5 Å². The van der Waals surface area contributed by atoms with Gasteiger partial charge in [0.15, 0.2) is 0 Å². The summed E-state index contributed by atoms with van der Waals surface area (Å²) in [5.74, 6) is 1.61. The largest absolute Gasteiger partial charge is 0.381 e. The molecule has 1 aromatic heterocycles. The molecule has 2 aromatic rings. The van der Waals surface area contributed by atoms with E-state index in [2.05, 4.69) is 15.6 Å². The lowest BCUT2D eigenvalue weighted by Gasteiger charge is -2.27. The fourth-order valence-electron chi connectivity index (χ4n) is 3.82. The van der Waals surface area contributed by atoms with E-state index in [-0.39, 0.29) is 6.03 Å². The number of ether oxygens (including phenoxy) is 1. The van der Waals surface area contributed by atoms with Crippen LogP contribution in [0.3, 0.4) is 0 Å². The number of anilines is 2. The summed E-state index contributed by atoms with van der Waals surface area (Å²) in [7, 11) is 5.74. The van der Waals surface area contributed by atoms with E-state index in [1.807, 2.05) is 43.3 Å². The molecule has 27 heavy (non-hydrogen) atoms. The van der Waals surface area contributed by atoms with E-state index >= 15 is 0 Å². The molecule has 2 N–H and O–H groups in total. The molecule has 146 valence electrons. The Morgan fingerprint density at radius 3 is 2.70 bits per heavy atom. The highest BCUT2D eigenvalue weighted by molar-refractivity contribution is 5.97. The Kier molecular flexibility index (Phi) is 6.50. The molecule has 0 bridgehead atoms. The number of fused-ring (bicyclic) bond motifs is 1. The number of nitrogens with zero attached hydrogens (tertiary/aromatic N) is 2. The van der Waals surface area contributed by atoms with Crippen LogP contribution in [0.2, 0.25) is 0 Å². The van der Waals surface area contributed by atoms with Gasteiger partial charge < -0.3 is 20.3 Å². The van der Waals surface area contributed by atoms with Gasteiger partial charge in [0.2, 0.25) is 0 Å². The molecule has 1 fully saturated rings. The Bertz CT molecular complexity index is 770. The van der Waals surface area contributed by atoms with Gasteiger partial charge in [0.25, 0.3) is 0 Å². The van der Waals surface area contributed by atoms with E-state index in [1.54, 1.807) is 13.3 Å². The first-order chi connectivity index (χ1) is 13.1. The van der Waals surface area contributed by atoms with Crippen molar-refractivity contribution in [3.63, 3.8) is 0 Å². The van der Waals surface area contributed by atoms with Gasteiger partial charge in [-0.3, -0.25) is 0 Å². The molecule has 0 radical (unpaired) electrons. The summed E-state index contributed by atoms with van der Waals surface area (Å²) < 4.78 is 5.41. The van der Waals surface area contributed by atoms with Crippen molar-refractivity contribution in [2.45, 2.75) is 38.2 Å². The zero-order valence-corrected chi connectivity index (χ0v) is 16.5. The molecule has 0 atom stereocenters. The molecule has 1 aliphatic rings. The highest BCUT2D eigenvalue weighted by atomic mass is 16.5. The van der Waals surface area contributed by atoms with E-state index < -0.39 is 0 Å². The Morgan fingerprint density at radius 2 is 2.00 bits per heavy atom.